The number of thioether (sulfide) groups is 1. The molecule has 0 spiro atoms. The van der Waals surface area contributed by atoms with Gasteiger partial charge in [-0.25, -0.2) is 4.99 Å². The van der Waals surface area contributed by atoms with Crippen molar-refractivity contribution in [3.63, 3.8) is 0 Å². The molecule has 0 aliphatic carbocycles. The van der Waals surface area contributed by atoms with Crippen LogP contribution in [0.3, 0.4) is 0 Å². The molecule has 0 atom stereocenters. The van der Waals surface area contributed by atoms with Crippen molar-refractivity contribution in [2.24, 2.45) is 16.5 Å². The fraction of sp³-hybridized carbons (Fsp3) is 0.533. The van der Waals surface area contributed by atoms with Crippen LogP contribution in [0.25, 0.3) is 0 Å². The average Bonchev–Trinajstić information content (AvgIpc) is 2.48. The lowest BCUT2D eigenvalue weighted by atomic mass is 10.1. The fourth-order valence-electron chi connectivity index (χ4n) is 2.56. The number of halogens is 3. The Morgan fingerprint density at radius 3 is 2.39 bits per heavy atom. The van der Waals surface area contributed by atoms with Gasteiger partial charge in [-0.05, 0) is 48.8 Å². The molecule has 1 aromatic carbocycles. The van der Waals surface area contributed by atoms with Gasteiger partial charge in [0.15, 0.2) is 5.17 Å². The summed E-state index contributed by atoms with van der Waals surface area (Å²) in [5, 5.41) is 0.612. The molecule has 1 heterocycles. The quantitative estimate of drug-likeness (QED) is 0.588. The third-order valence-corrected chi connectivity index (χ3v) is 4.19. The van der Waals surface area contributed by atoms with Crippen molar-refractivity contribution in [2.75, 3.05) is 23.7 Å². The molecule has 0 saturated carbocycles. The van der Waals surface area contributed by atoms with Crippen LogP contribution in [-0.4, -0.2) is 24.0 Å². The summed E-state index contributed by atoms with van der Waals surface area (Å²) in [6, 6.07) is 6.23. The first-order chi connectivity index (χ1) is 9.74. The second kappa shape index (κ2) is 13.0. The molecule has 0 bridgehead atoms. The van der Waals surface area contributed by atoms with E-state index >= 15 is 0 Å². The maximum atomic E-state index is 5.90. The Hall–Kier alpha value is -0.330. The van der Waals surface area contributed by atoms with Gasteiger partial charge in [0.05, 0.1) is 5.69 Å². The van der Waals surface area contributed by atoms with E-state index in [1.165, 1.54) is 24.9 Å². The number of nitrogens with two attached hydrogens (primary N) is 2. The molecule has 0 amide bonds. The van der Waals surface area contributed by atoms with E-state index in [2.05, 4.69) is 28.9 Å². The van der Waals surface area contributed by atoms with Gasteiger partial charge in [0.1, 0.15) is 0 Å². The zero-order valence-electron chi connectivity index (χ0n) is 13.4. The van der Waals surface area contributed by atoms with Crippen LogP contribution in [0.15, 0.2) is 23.2 Å². The number of rotatable bonds is 4. The van der Waals surface area contributed by atoms with Crippen molar-refractivity contribution in [3.05, 3.63) is 23.8 Å². The summed E-state index contributed by atoms with van der Waals surface area (Å²) >= 11 is 1.56. The smallest absolute Gasteiger partial charge is 0.159 e. The van der Waals surface area contributed by atoms with Crippen LogP contribution in [0.4, 0.5) is 11.4 Å². The number of benzene rings is 1. The summed E-state index contributed by atoms with van der Waals surface area (Å²) in [6.45, 7) is 4.86. The predicted octanol–water partition coefficient (Wildman–Crippen LogP) is 4.10. The second-order valence-electron chi connectivity index (χ2n) is 4.95. The van der Waals surface area contributed by atoms with Gasteiger partial charge in [-0.3, -0.25) is 0 Å². The van der Waals surface area contributed by atoms with Gasteiger partial charge in [-0.15, -0.1) is 37.2 Å². The molecule has 1 aliphatic rings. The Bertz CT molecular complexity index is 480. The number of piperidine rings is 1. The summed E-state index contributed by atoms with van der Waals surface area (Å²) in [6.07, 6.45) is 3.87. The molecule has 1 fully saturated rings. The molecule has 4 nitrogen and oxygen atoms in total. The lowest BCUT2D eigenvalue weighted by Crippen LogP contribution is -2.30. The Morgan fingerprint density at radius 2 is 1.83 bits per heavy atom. The first-order valence-electron chi connectivity index (χ1n) is 7.29. The summed E-state index contributed by atoms with van der Waals surface area (Å²) < 4.78 is 0. The standard InChI is InChI=1S/C15H24N4S.3ClH/c1-2-20-15(17)18-13-6-7-14(12(10-13)11-16)19-8-4-3-5-9-19;;;/h6-7,10H,2-5,8-9,11,16H2,1H3,(H2,17,18);3*1H. The Labute approximate surface area is 162 Å². The maximum absolute atomic E-state index is 5.90. The van der Waals surface area contributed by atoms with Crippen LogP contribution in [0.1, 0.15) is 31.7 Å². The Morgan fingerprint density at radius 1 is 1.17 bits per heavy atom. The molecule has 1 aliphatic heterocycles. The zero-order valence-corrected chi connectivity index (χ0v) is 16.6. The molecule has 0 aromatic heterocycles. The van der Waals surface area contributed by atoms with Gasteiger partial charge >= 0.3 is 0 Å². The Kier molecular flexibility index (Phi) is 14.1. The summed E-state index contributed by atoms with van der Waals surface area (Å²) in [7, 11) is 0. The van der Waals surface area contributed by atoms with E-state index in [4.69, 9.17) is 11.5 Å². The lowest BCUT2D eigenvalue weighted by Gasteiger charge is -2.30. The molecule has 23 heavy (non-hydrogen) atoms. The van der Waals surface area contributed by atoms with E-state index in [0.717, 1.165) is 30.1 Å². The van der Waals surface area contributed by atoms with Crippen molar-refractivity contribution < 1.29 is 0 Å². The summed E-state index contributed by atoms with van der Waals surface area (Å²) in [5.41, 5.74) is 15.1. The number of hydrogen-bond acceptors (Lipinski definition) is 4. The number of anilines is 1. The van der Waals surface area contributed by atoms with E-state index in [0.29, 0.717) is 11.7 Å². The molecule has 134 valence electrons. The zero-order chi connectivity index (χ0) is 14.4. The SMILES string of the molecule is CCSC(N)=Nc1ccc(N2CCCCC2)c(CN)c1.Cl.Cl.Cl. The lowest BCUT2D eigenvalue weighted by molar-refractivity contribution is 0.576. The van der Waals surface area contributed by atoms with E-state index in [9.17, 15) is 0 Å². The minimum atomic E-state index is 0. The third kappa shape index (κ3) is 7.40. The third-order valence-electron chi connectivity index (χ3n) is 3.51. The highest BCUT2D eigenvalue weighted by molar-refractivity contribution is 8.13. The van der Waals surface area contributed by atoms with Gasteiger partial charge in [-0.2, -0.15) is 0 Å². The minimum Gasteiger partial charge on any atom is -0.378 e. The predicted molar refractivity (Wildman–Crippen MR) is 112 cm³/mol. The fourth-order valence-corrected chi connectivity index (χ4v) is 3.02. The molecule has 1 aromatic rings. The molecule has 0 unspecified atom stereocenters. The molecular weight excluding hydrogens is 375 g/mol. The molecule has 0 radical (unpaired) electrons. The van der Waals surface area contributed by atoms with Crippen LogP contribution in [0.5, 0.6) is 0 Å². The second-order valence-corrected chi connectivity index (χ2v) is 6.23. The number of amidine groups is 1. The Balaban J connectivity index is 0. The van der Waals surface area contributed by atoms with E-state index in [-0.39, 0.29) is 37.2 Å². The average molecular weight is 402 g/mol. The molecule has 4 N–H and O–H groups in total. The monoisotopic (exact) mass is 400 g/mol. The van der Waals surface area contributed by atoms with Crippen LogP contribution >= 0.6 is 49.0 Å². The molecule has 1 saturated heterocycles. The van der Waals surface area contributed by atoms with Crippen LogP contribution < -0.4 is 16.4 Å². The first kappa shape index (κ1) is 24.9. The van der Waals surface area contributed by atoms with Crippen LogP contribution in [0.2, 0.25) is 0 Å². The molecular formula is C15H27Cl3N4S. The first-order valence-corrected chi connectivity index (χ1v) is 8.28. The largest absolute Gasteiger partial charge is 0.378 e. The van der Waals surface area contributed by atoms with Gasteiger partial charge in [0.25, 0.3) is 0 Å². The highest BCUT2D eigenvalue weighted by Gasteiger charge is 2.14. The topological polar surface area (TPSA) is 67.6 Å². The van der Waals surface area contributed by atoms with Gasteiger partial charge in [-0.1, -0.05) is 18.7 Å². The van der Waals surface area contributed by atoms with Crippen LogP contribution in [0, 0.1) is 0 Å². The van der Waals surface area contributed by atoms with E-state index < -0.39 is 0 Å². The summed E-state index contributed by atoms with van der Waals surface area (Å²) in [5.74, 6) is 0.935. The number of hydrogen-bond donors (Lipinski definition) is 2. The minimum absolute atomic E-state index is 0. The van der Waals surface area contributed by atoms with E-state index in [1.54, 1.807) is 11.8 Å². The molecule has 8 heteroatoms. The normalized spacial score (nSPS) is 14.3. The maximum Gasteiger partial charge on any atom is 0.159 e. The van der Waals surface area contributed by atoms with Gasteiger partial charge < -0.3 is 16.4 Å². The summed E-state index contributed by atoms with van der Waals surface area (Å²) in [4.78, 5) is 6.86. The van der Waals surface area contributed by atoms with Crippen molar-refractivity contribution >= 4 is 65.5 Å². The number of nitrogens with zero attached hydrogens (tertiary/aromatic N) is 2. The van der Waals surface area contributed by atoms with Crippen molar-refractivity contribution in [1.29, 1.82) is 0 Å². The van der Waals surface area contributed by atoms with Gasteiger partial charge in [0.2, 0.25) is 0 Å². The highest BCUT2D eigenvalue weighted by Crippen LogP contribution is 2.28. The van der Waals surface area contributed by atoms with Crippen molar-refractivity contribution in [2.45, 2.75) is 32.7 Å². The van der Waals surface area contributed by atoms with Gasteiger partial charge in [0, 0.05) is 25.3 Å². The van der Waals surface area contributed by atoms with E-state index in [1.807, 2.05) is 6.07 Å². The highest BCUT2D eigenvalue weighted by atomic mass is 35.5. The number of aliphatic imine (C=N–C) groups is 1. The molecule has 2 rings (SSSR count). The van der Waals surface area contributed by atoms with Crippen molar-refractivity contribution in [3.8, 4) is 0 Å². The van der Waals surface area contributed by atoms with Crippen LogP contribution in [-0.2, 0) is 6.54 Å². The van der Waals surface area contributed by atoms with Crippen molar-refractivity contribution in [1.82, 2.24) is 0 Å².